The molecule has 0 aliphatic rings. The van der Waals surface area contributed by atoms with E-state index in [0.717, 1.165) is 18.4 Å². The first-order valence-electron chi connectivity index (χ1n) is 8.63. The monoisotopic (exact) mass is 347 g/mol. The van der Waals surface area contributed by atoms with Gasteiger partial charge in [0.2, 0.25) is 5.91 Å². The molecule has 0 spiro atoms. The van der Waals surface area contributed by atoms with Crippen molar-refractivity contribution in [2.75, 3.05) is 33.7 Å². The molecule has 7 nitrogen and oxygen atoms in total. The van der Waals surface area contributed by atoms with Crippen LogP contribution in [0.25, 0.3) is 0 Å². The number of aliphatic imine (C=N–C) groups is 1. The molecule has 0 aliphatic heterocycles. The lowest BCUT2D eigenvalue weighted by molar-refractivity contribution is -0.120. The number of amides is 2. The smallest absolute Gasteiger partial charge is 0.251 e. The minimum absolute atomic E-state index is 0.0378. The van der Waals surface area contributed by atoms with Crippen LogP contribution in [0.3, 0.4) is 0 Å². The van der Waals surface area contributed by atoms with Crippen molar-refractivity contribution in [3.8, 4) is 0 Å². The summed E-state index contributed by atoms with van der Waals surface area (Å²) in [6.07, 6.45) is 2.11. The standard InChI is InChI=1S/C18H29N5O2/c1-4-10-21-16(24)9-12-23-18(20-3)22-11-8-14-6-5-7-15(13-14)17(25)19-2/h5-7,13H,4,8-12H2,1-3H3,(H,19,25)(H,21,24)(H2,20,22,23). The SMILES string of the molecule is CCCNC(=O)CCNC(=NC)NCCc1cccc(C(=O)NC)c1. The summed E-state index contributed by atoms with van der Waals surface area (Å²) < 4.78 is 0. The molecule has 1 aromatic rings. The number of hydrogen-bond acceptors (Lipinski definition) is 3. The van der Waals surface area contributed by atoms with Gasteiger partial charge >= 0.3 is 0 Å². The fourth-order valence-corrected chi connectivity index (χ4v) is 2.21. The van der Waals surface area contributed by atoms with E-state index in [1.54, 1.807) is 20.2 Å². The molecular weight excluding hydrogens is 318 g/mol. The zero-order valence-corrected chi connectivity index (χ0v) is 15.3. The van der Waals surface area contributed by atoms with Gasteiger partial charge in [0.05, 0.1) is 0 Å². The molecule has 0 saturated carbocycles. The Morgan fingerprint density at radius 3 is 2.52 bits per heavy atom. The van der Waals surface area contributed by atoms with Gasteiger partial charge in [0.1, 0.15) is 0 Å². The first-order valence-corrected chi connectivity index (χ1v) is 8.63. The van der Waals surface area contributed by atoms with Gasteiger partial charge in [-0.3, -0.25) is 14.6 Å². The summed E-state index contributed by atoms with van der Waals surface area (Å²) in [6, 6.07) is 7.54. The molecular formula is C18H29N5O2. The highest BCUT2D eigenvalue weighted by Gasteiger charge is 2.04. The molecule has 25 heavy (non-hydrogen) atoms. The third-order valence-electron chi connectivity index (χ3n) is 3.56. The lowest BCUT2D eigenvalue weighted by atomic mass is 10.1. The number of guanidine groups is 1. The van der Waals surface area contributed by atoms with Crippen molar-refractivity contribution in [1.29, 1.82) is 0 Å². The van der Waals surface area contributed by atoms with Crippen LogP contribution >= 0.6 is 0 Å². The number of carbonyl (C=O) groups is 2. The van der Waals surface area contributed by atoms with Crippen molar-refractivity contribution in [2.45, 2.75) is 26.2 Å². The summed E-state index contributed by atoms with van der Waals surface area (Å²) in [6.45, 7) is 3.94. The summed E-state index contributed by atoms with van der Waals surface area (Å²) in [5, 5.41) is 11.8. The second-order valence-corrected chi connectivity index (χ2v) is 5.56. The average molecular weight is 347 g/mol. The van der Waals surface area contributed by atoms with E-state index in [1.165, 1.54) is 0 Å². The topological polar surface area (TPSA) is 94.6 Å². The Kier molecular flexibility index (Phi) is 9.74. The molecule has 0 atom stereocenters. The van der Waals surface area contributed by atoms with Crippen molar-refractivity contribution in [1.82, 2.24) is 21.3 Å². The van der Waals surface area contributed by atoms with E-state index in [1.807, 2.05) is 25.1 Å². The molecule has 2 amide bonds. The highest BCUT2D eigenvalue weighted by Crippen LogP contribution is 2.05. The zero-order valence-electron chi connectivity index (χ0n) is 15.3. The number of benzene rings is 1. The Morgan fingerprint density at radius 1 is 1.08 bits per heavy atom. The Bertz CT molecular complexity index is 587. The largest absolute Gasteiger partial charge is 0.356 e. The normalized spacial score (nSPS) is 10.9. The van der Waals surface area contributed by atoms with E-state index < -0.39 is 0 Å². The van der Waals surface area contributed by atoms with Crippen LogP contribution in [0.5, 0.6) is 0 Å². The van der Waals surface area contributed by atoms with E-state index in [4.69, 9.17) is 0 Å². The van der Waals surface area contributed by atoms with Crippen molar-refractivity contribution in [3.63, 3.8) is 0 Å². The molecule has 0 bridgehead atoms. The van der Waals surface area contributed by atoms with Crippen molar-refractivity contribution in [3.05, 3.63) is 35.4 Å². The van der Waals surface area contributed by atoms with Gasteiger partial charge in [-0.05, 0) is 30.5 Å². The predicted molar refractivity (Wildman–Crippen MR) is 101 cm³/mol. The third-order valence-corrected chi connectivity index (χ3v) is 3.56. The van der Waals surface area contributed by atoms with Crippen LogP contribution in [0.4, 0.5) is 0 Å². The second kappa shape index (κ2) is 11.9. The van der Waals surface area contributed by atoms with E-state index in [-0.39, 0.29) is 11.8 Å². The minimum atomic E-state index is -0.0892. The molecule has 1 rings (SSSR count). The Morgan fingerprint density at radius 2 is 1.84 bits per heavy atom. The molecule has 0 aromatic heterocycles. The molecule has 138 valence electrons. The van der Waals surface area contributed by atoms with Crippen LogP contribution in [0, 0.1) is 0 Å². The minimum Gasteiger partial charge on any atom is -0.356 e. The maximum atomic E-state index is 11.6. The first-order chi connectivity index (χ1) is 12.1. The molecule has 0 aliphatic carbocycles. The van der Waals surface area contributed by atoms with Crippen LogP contribution in [0.15, 0.2) is 29.3 Å². The van der Waals surface area contributed by atoms with Crippen molar-refractivity contribution >= 4 is 17.8 Å². The van der Waals surface area contributed by atoms with Gasteiger partial charge in [0.25, 0.3) is 5.91 Å². The zero-order chi connectivity index (χ0) is 18.5. The van der Waals surface area contributed by atoms with E-state index >= 15 is 0 Å². The number of nitrogens with zero attached hydrogens (tertiary/aromatic N) is 1. The van der Waals surface area contributed by atoms with Crippen LogP contribution in [-0.4, -0.2) is 51.5 Å². The fraction of sp³-hybridized carbons (Fsp3) is 0.500. The molecule has 7 heteroatoms. The highest BCUT2D eigenvalue weighted by molar-refractivity contribution is 5.94. The highest BCUT2D eigenvalue weighted by atomic mass is 16.2. The first kappa shape index (κ1) is 20.5. The van der Waals surface area contributed by atoms with Gasteiger partial charge in [-0.1, -0.05) is 19.1 Å². The van der Waals surface area contributed by atoms with E-state index in [0.29, 0.717) is 37.6 Å². The predicted octanol–water partition coefficient (Wildman–Crippen LogP) is 0.670. The van der Waals surface area contributed by atoms with E-state index in [9.17, 15) is 9.59 Å². The number of hydrogen-bond donors (Lipinski definition) is 4. The molecule has 0 fully saturated rings. The molecule has 1 aromatic carbocycles. The summed E-state index contributed by atoms with van der Waals surface area (Å²) in [5.41, 5.74) is 1.73. The van der Waals surface area contributed by atoms with Gasteiger partial charge in [0.15, 0.2) is 5.96 Å². The average Bonchev–Trinajstić information content (AvgIpc) is 2.64. The Balaban J connectivity index is 2.33. The van der Waals surface area contributed by atoms with Crippen LogP contribution in [-0.2, 0) is 11.2 Å². The molecule has 0 radical (unpaired) electrons. The summed E-state index contributed by atoms with van der Waals surface area (Å²) >= 11 is 0. The Labute approximate surface area is 149 Å². The molecule has 0 saturated heterocycles. The summed E-state index contributed by atoms with van der Waals surface area (Å²) in [7, 11) is 3.31. The summed E-state index contributed by atoms with van der Waals surface area (Å²) in [4.78, 5) is 27.3. The molecule has 4 N–H and O–H groups in total. The maximum Gasteiger partial charge on any atom is 0.251 e. The van der Waals surface area contributed by atoms with Gasteiger partial charge in [-0.25, -0.2) is 0 Å². The van der Waals surface area contributed by atoms with Gasteiger partial charge in [-0.15, -0.1) is 0 Å². The van der Waals surface area contributed by atoms with Crippen molar-refractivity contribution in [2.24, 2.45) is 4.99 Å². The van der Waals surface area contributed by atoms with Gasteiger partial charge in [0, 0.05) is 45.7 Å². The number of carbonyl (C=O) groups excluding carboxylic acids is 2. The lowest BCUT2D eigenvalue weighted by Gasteiger charge is -2.12. The lowest BCUT2D eigenvalue weighted by Crippen LogP contribution is -2.40. The fourth-order valence-electron chi connectivity index (χ4n) is 2.21. The maximum absolute atomic E-state index is 11.6. The third kappa shape index (κ3) is 8.19. The van der Waals surface area contributed by atoms with Crippen LogP contribution in [0.2, 0.25) is 0 Å². The van der Waals surface area contributed by atoms with Gasteiger partial charge < -0.3 is 21.3 Å². The second-order valence-electron chi connectivity index (χ2n) is 5.56. The number of rotatable bonds is 9. The number of nitrogens with one attached hydrogen (secondary N) is 4. The summed E-state index contributed by atoms with van der Waals surface area (Å²) in [5.74, 6) is 0.607. The van der Waals surface area contributed by atoms with Gasteiger partial charge in [-0.2, -0.15) is 0 Å². The quantitative estimate of drug-likeness (QED) is 0.390. The molecule has 0 heterocycles. The molecule has 0 unspecified atom stereocenters. The van der Waals surface area contributed by atoms with Crippen LogP contribution < -0.4 is 21.3 Å². The van der Waals surface area contributed by atoms with E-state index in [2.05, 4.69) is 26.3 Å². The van der Waals surface area contributed by atoms with Crippen molar-refractivity contribution < 1.29 is 9.59 Å². The van der Waals surface area contributed by atoms with Crippen LogP contribution in [0.1, 0.15) is 35.7 Å². The Hall–Kier alpha value is -2.57.